The molecule has 1 aromatic heterocycles. The van der Waals surface area contributed by atoms with Crippen LogP contribution in [0.2, 0.25) is 0 Å². The van der Waals surface area contributed by atoms with E-state index in [4.69, 9.17) is 4.74 Å². The number of imidazole rings is 1. The molecule has 1 N–H and O–H groups in total. The van der Waals surface area contributed by atoms with Crippen LogP contribution < -0.4 is 0 Å². The SMILES string of the molecule is CO[C@H]1C=C2CC[C@H]3[C@H]4CC[C@@](O)(CSc5nccn5C)[C@]4(C)CC[C@@H]3[C@@]2(C)CC1. The zero-order chi connectivity index (χ0) is 21.1. The Bertz CT molecular complexity index is 837. The van der Waals surface area contributed by atoms with E-state index in [1.54, 1.807) is 17.3 Å². The van der Waals surface area contributed by atoms with Gasteiger partial charge in [0.15, 0.2) is 5.16 Å². The van der Waals surface area contributed by atoms with Crippen molar-refractivity contribution in [2.45, 2.75) is 82.1 Å². The summed E-state index contributed by atoms with van der Waals surface area (Å²) < 4.78 is 7.74. The zero-order valence-electron chi connectivity index (χ0n) is 19.1. The van der Waals surface area contributed by atoms with Crippen molar-refractivity contribution >= 4 is 11.8 Å². The highest BCUT2D eigenvalue weighted by atomic mass is 32.2. The normalized spacial score (nSPS) is 45.4. The molecule has 0 unspecified atom stereocenters. The number of fused-ring (bicyclic) bond motifs is 5. The molecule has 1 aromatic rings. The zero-order valence-corrected chi connectivity index (χ0v) is 19.9. The highest BCUT2D eigenvalue weighted by Crippen LogP contribution is 2.68. The van der Waals surface area contributed by atoms with E-state index in [2.05, 4.69) is 29.5 Å². The van der Waals surface area contributed by atoms with Gasteiger partial charge < -0.3 is 14.4 Å². The van der Waals surface area contributed by atoms with Gasteiger partial charge in [0.1, 0.15) is 0 Å². The molecule has 0 saturated heterocycles. The second-order valence-corrected chi connectivity index (χ2v) is 11.9. The second-order valence-electron chi connectivity index (χ2n) is 11.0. The van der Waals surface area contributed by atoms with Crippen molar-refractivity contribution in [1.82, 2.24) is 9.55 Å². The number of aromatic nitrogens is 2. The lowest BCUT2D eigenvalue weighted by Gasteiger charge is -2.59. The van der Waals surface area contributed by atoms with Gasteiger partial charge in [-0.2, -0.15) is 0 Å². The van der Waals surface area contributed by atoms with Crippen LogP contribution >= 0.6 is 11.8 Å². The first-order chi connectivity index (χ1) is 14.3. The Morgan fingerprint density at radius 1 is 1.17 bits per heavy atom. The van der Waals surface area contributed by atoms with Gasteiger partial charge in [0, 0.05) is 37.7 Å². The summed E-state index contributed by atoms with van der Waals surface area (Å²) in [5, 5.41) is 12.9. The molecule has 0 bridgehead atoms. The van der Waals surface area contributed by atoms with Gasteiger partial charge in [-0.15, -0.1) is 0 Å². The van der Waals surface area contributed by atoms with Crippen molar-refractivity contribution in [3.05, 3.63) is 24.0 Å². The summed E-state index contributed by atoms with van der Waals surface area (Å²) >= 11 is 1.73. The highest BCUT2D eigenvalue weighted by Gasteiger charge is 2.63. The summed E-state index contributed by atoms with van der Waals surface area (Å²) in [5.41, 5.74) is 1.48. The number of nitrogens with zero attached hydrogens (tertiary/aromatic N) is 2. The molecule has 5 heteroatoms. The van der Waals surface area contributed by atoms with Gasteiger partial charge in [-0.3, -0.25) is 0 Å². The third kappa shape index (κ3) is 2.98. The minimum absolute atomic E-state index is 0.0354. The lowest BCUT2D eigenvalue weighted by molar-refractivity contribution is -0.116. The number of aryl methyl sites for hydroxylation is 1. The van der Waals surface area contributed by atoms with Crippen LogP contribution in [0.4, 0.5) is 0 Å². The molecule has 0 amide bonds. The maximum atomic E-state index is 11.9. The number of allylic oxidation sites excluding steroid dienone is 1. The fraction of sp³-hybridized carbons (Fsp3) is 0.800. The van der Waals surface area contributed by atoms with E-state index in [1.165, 1.54) is 32.1 Å². The lowest BCUT2D eigenvalue weighted by Crippen LogP contribution is -2.55. The Morgan fingerprint density at radius 2 is 1.97 bits per heavy atom. The van der Waals surface area contributed by atoms with Crippen LogP contribution in [0, 0.1) is 28.6 Å². The quantitative estimate of drug-likeness (QED) is 0.525. The average molecular weight is 431 g/mol. The molecule has 1 heterocycles. The Kier molecular flexibility index (Phi) is 5.19. The van der Waals surface area contributed by atoms with E-state index in [-0.39, 0.29) is 5.41 Å². The first-order valence-corrected chi connectivity index (χ1v) is 12.9. The molecule has 166 valence electrons. The van der Waals surface area contributed by atoms with Crippen LogP contribution in [-0.2, 0) is 11.8 Å². The first kappa shape index (κ1) is 21.1. The van der Waals surface area contributed by atoms with Crippen molar-refractivity contribution < 1.29 is 9.84 Å². The Balaban J connectivity index is 1.37. The number of aliphatic hydroxyl groups is 1. The average Bonchev–Trinajstić information content (AvgIpc) is 3.26. The minimum Gasteiger partial charge on any atom is -0.388 e. The predicted octanol–water partition coefficient (Wildman–Crippen LogP) is 5.22. The highest BCUT2D eigenvalue weighted by molar-refractivity contribution is 7.99. The van der Waals surface area contributed by atoms with E-state index in [0.29, 0.717) is 17.4 Å². The first-order valence-electron chi connectivity index (χ1n) is 11.9. The summed E-state index contributed by atoms with van der Waals surface area (Å²) in [4.78, 5) is 4.47. The van der Waals surface area contributed by atoms with Crippen LogP contribution in [-0.4, -0.2) is 39.2 Å². The molecular formula is C25H38N2O2S. The predicted molar refractivity (Wildman–Crippen MR) is 121 cm³/mol. The Morgan fingerprint density at radius 3 is 2.70 bits per heavy atom. The van der Waals surface area contributed by atoms with Crippen molar-refractivity contribution in [3.8, 4) is 0 Å². The van der Waals surface area contributed by atoms with E-state index in [1.807, 2.05) is 26.6 Å². The van der Waals surface area contributed by atoms with E-state index >= 15 is 0 Å². The smallest absolute Gasteiger partial charge is 0.167 e. The van der Waals surface area contributed by atoms with Crippen LogP contribution in [0.25, 0.3) is 0 Å². The molecule has 0 aliphatic heterocycles. The van der Waals surface area contributed by atoms with Gasteiger partial charge in [-0.25, -0.2) is 4.98 Å². The fourth-order valence-corrected chi connectivity index (χ4v) is 9.15. The van der Waals surface area contributed by atoms with E-state index in [0.717, 1.165) is 42.0 Å². The second kappa shape index (κ2) is 7.38. The molecule has 5 rings (SSSR count). The Labute approximate surface area is 185 Å². The molecule has 3 saturated carbocycles. The van der Waals surface area contributed by atoms with E-state index < -0.39 is 5.60 Å². The summed E-state index contributed by atoms with van der Waals surface area (Å²) in [6.45, 7) is 4.96. The van der Waals surface area contributed by atoms with Crippen LogP contribution in [0.3, 0.4) is 0 Å². The standard InChI is InChI=1S/C25H38N2O2S/c1-23-10-7-18(29-4)15-17(23)5-6-19-20(23)8-11-24(2)21(19)9-12-25(24,28)16-30-22-26-13-14-27(22)3/h13-15,18-21,28H,5-12,16H2,1-4H3/t18-,19-,20+,21-,23+,24-,25-/m1/s1. The lowest BCUT2D eigenvalue weighted by atomic mass is 9.46. The summed E-state index contributed by atoms with van der Waals surface area (Å²) in [5.74, 6) is 2.96. The Hall–Kier alpha value is -0.780. The minimum atomic E-state index is -0.579. The van der Waals surface area contributed by atoms with Crippen LogP contribution in [0.1, 0.15) is 65.2 Å². The van der Waals surface area contributed by atoms with Gasteiger partial charge in [-0.05, 0) is 74.5 Å². The largest absolute Gasteiger partial charge is 0.388 e. The molecule has 0 radical (unpaired) electrons. The van der Waals surface area contributed by atoms with Gasteiger partial charge in [-0.1, -0.05) is 37.3 Å². The van der Waals surface area contributed by atoms with Gasteiger partial charge in [0.05, 0.1) is 11.7 Å². The topological polar surface area (TPSA) is 47.3 Å². The molecule has 7 atom stereocenters. The van der Waals surface area contributed by atoms with Crippen molar-refractivity contribution in [1.29, 1.82) is 0 Å². The maximum Gasteiger partial charge on any atom is 0.167 e. The van der Waals surface area contributed by atoms with Crippen LogP contribution in [0.15, 0.2) is 29.2 Å². The number of hydrogen-bond acceptors (Lipinski definition) is 4. The third-order valence-electron chi connectivity index (χ3n) is 9.91. The monoisotopic (exact) mass is 430 g/mol. The van der Waals surface area contributed by atoms with Gasteiger partial charge >= 0.3 is 0 Å². The van der Waals surface area contributed by atoms with Gasteiger partial charge in [0.25, 0.3) is 0 Å². The van der Waals surface area contributed by atoms with Crippen LogP contribution in [0.5, 0.6) is 0 Å². The summed E-state index contributed by atoms with van der Waals surface area (Å²) in [7, 11) is 3.89. The van der Waals surface area contributed by atoms with Crippen molar-refractivity contribution in [2.75, 3.05) is 12.9 Å². The summed E-state index contributed by atoms with van der Waals surface area (Å²) in [6.07, 6.45) is 16.1. The molecule has 3 fully saturated rings. The fourth-order valence-electron chi connectivity index (χ4n) is 7.90. The number of methoxy groups -OCH3 is 1. The molecule has 4 nitrogen and oxygen atoms in total. The molecular weight excluding hydrogens is 392 g/mol. The molecule has 4 aliphatic rings. The van der Waals surface area contributed by atoms with Gasteiger partial charge in [0.2, 0.25) is 0 Å². The van der Waals surface area contributed by atoms with Crippen molar-refractivity contribution in [3.63, 3.8) is 0 Å². The van der Waals surface area contributed by atoms with Crippen molar-refractivity contribution in [2.24, 2.45) is 35.6 Å². The number of ether oxygens (including phenoxy) is 1. The summed E-state index contributed by atoms with van der Waals surface area (Å²) in [6, 6.07) is 0. The molecule has 30 heavy (non-hydrogen) atoms. The number of rotatable bonds is 4. The number of hydrogen-bond donors (Lipinski definition) is 1. The number of thioether (sulfide) groups is 1. The maximum absolute atomic E-state index is 11.9. The molecule has 4 aliphatic carbocycles. The third-order valence-corrected chi connectivity index (χ3v) is 11.2. The molecule has 0 spiro atoms. The van der Waals surface area contributed by atoms with E-state index in [9.17, 15) is 5.11 Å². The molecule has 0 aromatic carbocycles.